The molecule has 4 nitrogen and oxygen atoms in total. The largest absolute Gasteiger partial charge is 0.269 e. The highest BCUT2D eigenvalue weighted by Gasteiger charge is 2.72. The summed E-state index contributed by atoms with van der Waals surface area (Å²) in [5, 5.41) is 0. The van der Waals surface area contributed by atoms with Crippen LogP contribution < -0.4 is 0 Å². The lowest BCUT2D eigenvalue weighted by molar-refractivity contribution is -0.123. The van der Waals surface area contributed by atoms with Crippen molar-refractivity contribution in [1.29, 1.82) is 0 Å². The fraction of sp³-hybridized carbons (Fsp3) is 0.526. The fourth-order valence-corrected chi connectivity index (χ4v) is 7.95. The van der Waals surface area contributed by atoms with Gasteiger partial charge in [0.1, 0.15) is 0 Å². The van der Waals surface area contributed by atoms with Gasteiger partial charge in [-0.25, -0.2) is 21.5 Å². The molecule has 0 radical (unpaired) electrons. The molecule has 3 fully saturated rings. The normalized spacial score (nSPS) is 33.8. The fourth-order valence-electron chi connectivity index (χ4n) is 5.44. The first-order chi connectivity index (χ1) is 12.1. The van der Waals surface area contributed by atoms with Gasteiger partial charge in [-0.2, -0.15) is 0 Å². The number of halogens is 2. The van der Waals surface area contributed by atoms with Crippen molar-refractivity contribution in [2.45, 2.75) is 39.2 Å². The third-order valence-corrected chi connectivity index (χ3v) is 8.90. The number of hydrogen-bond acceptors (Lipinski definition) is 3. The van der Waals surface area contributed by atoms with Gasteiger partial charge in [0.25, 0.3) is 5.91 Å². The molecule has 1 aromatic rings. The number of carbonyl (C=O) groups excluding carboxylic acids is 1. The Labute approximate surface area is 151 Å². The highest BCUT2D eigenvalue weighted by Crippen LogP contribution is 2.69. The van der Waals surface area contributed by atoms with Crippen LogP contribution in [0.25, 0.3) is 6.08 Å². The van der Waals surface area contributed by atoms with E-state index in [4.69, 9.17) is 0 Å². The topological polar surface area (TPSA) is 54.5 Å². The highest BCUT2D eigenvalue weighted by molar-refractivity contribution is 7.90. The van der Waals surface area contributed by atoms with E-state index in [2.05, 4.69) is 13.8 Å². The van der Waals surface area contributed by atoms with Crippen LogP contribution in [-0.4, -0.2) is 30.4 Å². The Bertz CT molecular complexity index is 925. The maximum Gasteiger partial charge on any atom is 0.260 e. The molecular weight excluding hydrogens is 360 g/mol. The molecule has 2 saturated carbocycles. The SMILES string of the molecule is CC1(C)C2CC[C@]13CS(=O)(=O)N(C(=O)C=Cc1ccc(F)c(F)c1)[C@@H]3C2. The zero-order chi connectivity index (χ0) is 18.9. The summed E-state index contributed by atoms with van der Waals surface area (Å²) >= 11 is 0. The average molecular weight is 381 g/mol. The van der Waals surface area contributed by atoms with Crippen molar-refractivity contribution in [1.82, 2.24) is 4.31 Å². The van der Waals surface area contributed by atoms with Gasteiger partial charge in [0, 0.05) is 11.5 Å². The molecular formula is C19H21F2NO3S. The van der Waals surface area contributed by atoms with Crippen LogP contribution in [0.15, 0.2) is 24.3 Å². The van der Waals surface area contributed by atoms with Gasteiger partial charge < -0.3 is 0 Å². The third kappa shape index (κ3) is 2.22. The lowest BCUT2D eigenvalue weighted by atomic mass is 9.69. The van der Waals surface area contributed by atoms with E-state index in [1.165, 1.54) is 12.1 Å². The summed E-state index contributed by atoms with van der Waals surface area (Å²) in [6.45, 7) is 4.23. The molecule has 0 aromatic heterocycles. The van der Waals surface area contributed by atoms with Crippen molar-refractivity contribution < 1.29 is 22.0 Å². The first-order valence-corrected chi connectivity index (χ1v) is 10.4. The summed E-state index contributed by atoms with van der Waals surface area (Å²) in [5.74, 6) is -2.16. The second-order valence-electron chi connectivity index (χ2n) is 8.26. The molecule has 1 saturated heterocycles. The minimum absolute atomic E-state index is 0.0128. The number of amides is 1. The highest BCUT2D eigenvalue weighted by atomic mass is 32.2. The molecule has 1 heterocycles. The molecule has 1 unspecified atom stereocenters. The van der Waals surface area contributed by atoms with Gasteiger partial charge in [-0.05, 0) is 54.4 Å². The van der Waals surface area contributed by atoms with E-state index in [0.29, 0.717) is 17.9 Å². The molecule has 140 valence electrons. The Morgan fingerprint density at radius 2 is 2.00 bits per heavy atom. The Morgan fingerprint density at radius 3 is 2.65 bits per heavy atom. The van der Waals surface area contributed by atoms with Crippen LogP contribution in [0.1, 0.15) is 38.7 Å². The van der Waals surface area contributed by atoms with Gasteiger partial charge in [-0.3, -0.25) is 4.79 Å². The average Bonchev–Trinajstić information content (AvgIpc) is 3.03. The van der Waals surface area contributed by atoms with Gasteiger partial charge in [0.05, 0.1) is 11.8 Å². The van der Waals surface area contributed by atoms with E-state index < -0.39 is 27.6 Å². The van der Waals surface area contributed by atoms with Crippen molar-refractivity contribution >= 4 is 22.0 Å². The number of rotatable bonds is 2. The zero-order valence-corrected chi connectivity index (χ0v) is 15.5. The molecule has 1 aliphatic heterocycles. The van der Waals surface area contributed by atoms with Crippen LogP contribution in [0.4, 0.5) is 8.78 Å². The zero-order valence-electron chi connectivity index (χ0n) is 14.7. The predicted octanol–water partition coefficient (Wildman–Crippen LogP) is 3.34. The van der Waals surface area contributed by atoms with Crippen LogP contribution in [0, 0.1) is 28.4 Å². The lowest BCUT2D eigenvalue weighted by Crippen LogP contribution is -2.43. The van der Waals surface area contributed by atoms with Crippen LogP contribution in [-0.2, 0) is 14.8 Å². The second kappa shape index (κ2) is 5.38. The summed E-state index contributed by atoms with van der Waals surface area (Å²) in [6.07, 6.45) is 5.00. The summed E-state index contributed by atoms with van der Waals surface area (Å²) in [6, 6.07) is 2.98. The molecule has 1 amide bonds. The number of hydrogen-bond donors (Lipinski definition) is 0. The molecule has 26 heavy (non-hydrogen) atoms. The van der Waals surface area contributed by atoms with E-state index in [1.807, 2.05) is 0 Å². The Kier molecular flexibility index (Phi) is 3.65. The first kappa shape index (κ1) is 17.6. The lowest BCUT2D eigenvalue weighted by Gasteiger charge is -2.36. The van der Waals surface area contributed by atoms with Crippen LogP contribution in [0.3, 0.4) is 0 Å². The molecule has 2 aliphatic carbocycles. The number of carbonyl (C=O) groups is 1. The Morgan fingerprint density at radius 1 is 1.27 bits per heavy atom. The number of benzene rings is 1. The Balaban J connectivity index is 1.64. The molecule has 1 aromatic carbocycles. The molecule has 2 bridgehead atoms. The number of fused-ring (bicyclic) bond motifs is 1. The molecule has 3 aliphatic rings. The summed E-state index contributed by atoms with van der Waals surface area (Å²) in [7, 11) is -3.68. The minimum Gasteiger partial charge on any atom is -0.269 e. The van der Waals surface area contributed by atoms with Crippen molar-refractivity contribution in [3.63, 3.8) is 0 Å². The van der Waals surface area contributed by atoms with Gasteiger partial charge in [-0.1, -0.05) is 19.9 Å². The van der Waals surface area contributed by atoms with E-state index in [0.717, 1.165) is 35.4 Å². The quantitative estimate of drug-likeness (QED) is 0.739. The smallest absolute Gasteiger partial charge is 0.260 e. The Hall–Kier alpha value is -1.76. The standard InChI is InChI=1S/C19H21F2NO3S/c1-18(2)13-7-8-19(18)11-26(24,25)22(16(19)10-13)17(23)6-4-12-3-5-14(20)15(21)9-12/h3-6,9,13,16H,7-8,10-11H2,1-2H3/t13?,16-,19-/m1/s1. The molecule has 3 atom stereocenters. The van der Waals surface area contributed by atoms with Crippen molar-refractivity contribution in [2.75, 3.05) is 5.75 Å². The maximum atomic E-state index is 13.3. The minimum atomic E-state index is -3.68. The van der Waals surface area contributed by atoms with E-state index in [-0.39, 0.29) is 22.6 Å². The first-order valence-electron chi connectivity index (χ1n) is 8.78. The van der Waals surface area contributed by atoms with E-state index in [1.54, 1.807) is 0 Å². The van der Waals surface area contributed by atoms with Crippen LogP contribution in [0.2, 0.25) is 0 Å². The molecule has 1 spiro atoms. The van der Waals surface area contributed by atoms with Crippen LogP contribution >= 0.6 is 0 Å². The van der Waals surface area contributed by atoms with E-state index >= 15 is 0 Å². The van der Waals surface area contributed by atoms with Crippen LogP contribution in [0.5, 0.6) is 0 Å². The van der Waals surface area contributed by atoms with Gasteiger partial charge >= 0.3 is 0 Å². The van der Waals surface area contributed by atoms with Crippen molar-refractivity contribution in [2.24, 2.45) is 16.7 Å². The molecule has 4 rings (SSSR count). The predicted molar refractivity (Wildman–Crippen MR) is 93.4 cm³/mol. The summed E-state index contributed by atoms with van der Waals surface area (Å²) in [5.41, 5.74) is -0.178. The van der Waals surface area contributed by atoms with Crippen molar-refractivity contribution in [3.05, 3.63) is 41.5 Å². The summed E-state index contributed by atoms with van der Waals surface area (Å²) in [4.78, 5) is 12.7. The summed E-state index contributed by atoms with van der Waals surface area (Å²) < 4.78 is 52.9. The monoisotopic (exact) mass is 381 g/mol. The van der Waals surface area contributed by atoms with Gasteiger partial charge in [0.2, 0.25) is 10.0 Å². The van der Waals surface area contributed by atoms with Gasteiger partial charge in [0.15, 0.2) is 11.6 Å². The third-order valence-electron chi connectivity index (χ3n) is 6.99. The molecule has 0 N–H and O–H groups in total. The van der Waals surface area contributed by atoms with Gasteiger partial charge in [-0.15, -0.1) is 0 Å². The van der Waals surface area contributed by atoms with E-state index in [9.17, 15) is 22.0 Å². The second-order valence-corrected chi connectivity index (χ2v) is 10.1. The molecule has 7 heteroatoms. The number of nitrogens with zero attached hydrogens (tertiary/aromatic N) is 1. The number of sulfonamides is 1. The van der Waals surface area contributed by atoms with Crippen molar-refractivity contribution in [3.8, 4) is 0 Å². The maximum absolute atomic E-state index is 13.3.